The van der Waals surface area contributed by atoms with Crippen LogP contribution in [0.3, 0.4) is 0 Å². The zero-order valence-electron chi connectivity index (χ0n) is 20.9. The van der Waals surface area contributed by atoms with Crippen molar-refractivity contribution in [3.05, 3.63) is 106 Å². The summed E-state index contributed by atoms with van der Waals surface area (Å²) in [7, 11) is 0. The Kier molecular flexibility index (Phi) is 7.32. The summed E-state index contributed by atoms with van der Waals surface area (Å²) >= 11 is 0. The van der Waals surface area contributed by atoms with E-state index in [0.29, 0.717) is 60.8 Å². The van der Waals surface area contributed by atoms with E-state index in [1.807, 2.05) is 41.8 Å². The zero-order valence-corrected chi connectivity index (χ0v) is 20.9. The van der Waals surface area contributed by atoms with Crippen LogP contribution in [0.4, 0.5) is 13.2 Å². The lowest BCUT2D eigenvalue weighted by Crippen LogP contribution is -2.35. The van der Waals surface area contributed by atoms with Crippen LogP contribution in [0.2, 0.25) is 0 Å². The van der Waals surface area contributed by atoms with E-state index in [0.717, 1.165) is 17.3 Å². The van der Waals surface area contributed by atoms with Gasteiger partial charge in [-0.05, 0) is 59.9 Å². The molecule has 0 saturated carbocycles. The summed E-state index contributed by atoms with van der Waals surface area (Å²) in [4.78, 5) is 19.6. The third-order valence-electron chi connectivity index (χ3n) is 6.56. The summed E-state index contributed by atoms with van der Waals surface area (Å²) in [5.41, 5.74) is 3.62. The van der Waals surface area contributed by atoms with Crippen molar-refractivity contribution in [3.8, 4) is 11.8 Å². The number of aryl methyl sites for hydroxylation is 1. The van der Waals surface area contributed by atoms with Gasteiger partial charge in [0, 0.05) is 43.4 Å². The summed E-state index contributed by atoms with van der Waals surface area (Å²) in [6.45, 7) is 4.71. The van der Waals surface area contributed by atoms with E-state index in [4.69, 9.17) is 4.74 Å². The van der Waals surface area contributed by atoms with Gasteiger partial charge in [-0.3, -0.25) is 14.1 Å². The Labute approximate surface area is 218 Å². The van der Waals surface area contributed by atoms with E-state index in [2.05, 4.69) is 21.7 Å². The number of alkyl halides is 3. The maximum absolute atomic E-state index is 13.6. The summed E-state index contributed by atoms with van der Waals surface area (Å²) < 4.78 is 48.1. The number of fused-ring (bicyclic) bond motifs is 1. The van der Waals surface area contributed by atoms with E-state index in [1.165, 1.54) is 6.07 Å². The van der Waals surface area contributed by atoms with Gasteiger partial charge in [-0.15, -0.1) is 0 Å². The van der Waals surface area contributed by atoms with Crippen LogP contribution in [-0.2, 0) is 23.9 Å². The highest BCUT2D eigenvalue weighted by Gasteiger charge is 2.31. The van der Waals surface area contributed by atoms with Gasteiger partial charge >= 0.3 is 6.18 Å². The monoisotopic (exact) mass is 517 g/mol. The SMILES string of the molecule is Cc1ccc(C(=O)Cc2cc(CN3CCOCC3)cc(C(F)(F)F)c2)cc1C#Cc1cnc2ccccn12. The first-order valence-corrected chi connectivity index (χ1v) is 12.3. The van der Waals surface area contributed by atoms with Gasteiger partial charge in [0.15, 0.2) is 5.78 Å². The van der Waals surface area contributed by atoms with Gasteiger partial charge in [-0.1, -0.05) is 30.2 Å². The smallest absolute Gasteiger partial charge is 0.379 e. The second-order valence-corrected chi connectivity index (χ2v) is 9.38. The Morgan fingerprint density at radius 3 is 2.61 bits per heavy atom. The fourth-order valence-corrected chi connectivity index (χ4v) is 4.51. The maximum atomic E-state index is 13.6. The molecule has 4 aromatic rings. The number of rotatable bonds is 5. The number of nitrogens with zero attached hydrogens (tertiary/aromatic N) is 3. The molecule has 0 unspecified atom stereocenters. The molecule has 5 rings (SSSR count). The highest BCUT2D eigenvalue weighted by atomic mass is 19.4. The van der Waals surface area contributed by atoms with Gasteiger partial charge in [0.05, 0.1) is 25.0 Å². The predicted molar refractivity (Wildman–Crippen MR) is 138 cm³/mol. The number of carbonyl (C=O) groups is 1. The van der Waals surface area contributed by atoms with Gasteiger partial charge in [0.2, 0.25) is 0 Å². The number of halogens is 3. The van der Waals surface area contributed by atoms with Gasteiger partial charge in [-0.2, -0.15) is 13.2 Å². The first kappa shape index (κ1) is 25.7. The number of Topliss-reactive ketones (excluding diaryl/α,β-unsaturated/α-hetero) is 1. The van der Waals surface area contributed by atoms with E-state index in [1.54, 1.807) is 24.4 Å². The number of ether oxygens (including phenoxy) is 1. The molecule has 2 aromatic carbocycles. The average Bonchev–Trinajstić information content (AvgIpc) is 3.31. The number of morpholine rings is 1. The molecule has 1 fully saturated rings. The van der Waals surface area contributed by atoms with Crippen LogP contribution in [0.5, 0.6) is 0 Å². The largest absolute Gasteiger partial charge is 0.416 e. The van der Waals surface area contributed by atoms with Crippen molar-refractivity contribution in [1.29, 1.82) is 0 Å². The molecule has 0 atom stereocenters. The van der Waals surface area contributed by atoms with Crippen molar-refractivity contribution in [2.75, 3.05) is 26.3 Å². The second kappa shape index (κ2) is 10.8. The Morgan fingerprint density at radius 1 is 1.03 bits per heavy atom. The number of ketones is 1. The summed E-state index contributed by atoms with van der Waals surface area (Å²) in [6.07, 6.45) is -1.07. The molecule has 0 amide bonds. The molecule has 1 saturated heterocycles. The van der Waals surface area contributed by atoms with Gasteiger partial charge in [-0.25, -0.2) is 4.98 Å². The molecule has 1 aliphatic rings. The number of hydrogen-bond acceptors (Lipinski definition) is 4. The van der Waals surface area contributed by atoms with E-state index in [-0.39, 0.29) is 12.2 Å². The van der Waals surface area contributed by atoms with Crippen LogP contribution >= 0.6 is 0 Å². The third-order valence-corrected chi connectivity index (χ3v) is 6.56. The van der Waals surface area contributed by atoms with Crippen molar-refractivity contribution in [2.45, 2.75) is 26.1 Å². The van der Waals surface area contributed by atoms with Crippen molar-refractivity contribution < 1.29 is 22.7 Å². The Balaban J connectivity index is 1.39. The first-order valence-electron chi connectivity index (χ1n) is 12.3. The molecule has 38 heavy (non-hydrogen) atoms. The minimum atomic E-state index is -4.50. The molecule has 0 aliphatic carbocycles. The highest BCUT2D eigenvalue weighted by molar-refractivity contribution is 5.98. The van der Waals surface area contributed by atoms with Crippen molar-refractivity contribution in [3.63, 3.8) is 0 Å². The fraction of sp³-hybridized carbons (Fsp3) is 0.267. The molecule has 8 heteroatoms. The molecule has 194 valence electrons. The van der Waals surface area contributed by atoms with Crippen LogP contribution < -0.4 is 0 Å². The molecule has 0 N–H and O–H groups in total. The first-order chi connectivity index (χ1) is 18.3. The van der Waals surface area contributed by atoms with Gasteiger partial charge in [0.1, 0.15) is 11.3 Å². The normalized spacial score (nSPS) is 14.3. The number of benzene rings is 2. The van der Waals surface area contributed by atoms with E-state index < -0.39 is 11.7 Å². The minimum Gasteiger partial charge on any atom is -0.379 e. The molecule has 0 spiro atoms. The molecule has 5 nitrogen and oxygen atoms in total. The lowest BCUT2D eigenvalue weighted by molar-refractivity contribution is -0.137. The lowest BCUT2D eigenvalue weighted by atomic mass is 9.96. The van der Waals surface area contributed by atoms with Crippen molar-refractivity contribution in [2.24, 2.45) is 0 Å². The molecule has 0 radical (unpaired) electrons. The van der Waals surface area contributed by atoms with Crippen LogP contribution in [0, 0.1) is 18.8 Å². The van der Waals surface area contributed by atoms with Crippen molar-refractivity contribution >= 4 is 11.4 Å². The van der Waals surface area contributed by atoms with Crippen LogP contribution in [0.25, 0.3) is 5.65 Å². The Morgan fingerprint density at radius 2 is 1.82 bits per heavy atom. The number of aromatic nitrogens is 2. The summed E-state index contributed by atoms with van der Waals surface area (Å²) in [6, 6.07) is 14.8. The molecule has 1 aliphatic heterocycles. The van der Waals surface area contributed by atoms with Crippen molar-refractivity contribution in [1.82, 2.24) is 14.3 Å². The molecule has 3 heterocycles. The molecular formula is C30H26F3N3O2. The standard InChI is InChI=1S/C30H26F3N3O2/c1-21-5-6-25(18-24(21)7-8-27-19-34-29-4-2-3-9-36(27)29)28(37)17-22-14-23(16-26(15-22)30(31,32)33)20-35-10-12-38-13-11-35/h2-6,9,14-16,18-19H,10-13,17,20H2,1H3. The van der Waals surface area contributed by atoms with E-state index in [9.17, 15) is 18.0 Å². The Hall–Kier alpha value is -3.93. The quantitative estimate of drug-likeness (QED) is 0.266. The number of pyridine rings is 1. The molecule has 0 bridgehead atoms. The highest BCUT2D eigenvalue weighted by Crippen LogP contribution is 2.31. The van der Waals surface area contributed by atoms with Crippen LogP contribution in [-0.4, -0.2) is 46.4 Å². The molecular weight excluding hydrogens is 491 g/mol. The summed E-state index contributed by atoms with van der Waals surface area (Å²) in [5.74, 6) is 5.97. The number of carbonyl (C=O) groups excluding carboxylic acids is 1. The van der Waals surface area contributed by atoms with Crippen LogP contribution in [0.15, 0.2) is 67.0 Å². The topological polar surface area (TPSA) is 46.8 Å². The number of imidazole rings is 1. The molecule has 2 aromatic heterocycles. The predicted octanol–water partition coefficient (Wildman–Crippen LogP) is 5.32. The zero-order chi connectivity index (χ0) is 26.7. The van der Waals surface area contributed by atoms with Gasteiger partial charge < -0.3 is 4.74 Å². The minimum absolute atomic E-state index is 0.136. The second-order valence-electron chi connectivity index (χ2n) is 9.38. The van der Waals surface area contributed by atoms with Gasteiger partial charge in [0.25, 0.3) is 0 Å². The Bertz CT molecular complexity index is 1540. The third kappa shape index (κ3) is 5.96. The number of hydrogen-bond donors (Lipinski definition) is 0. The fourth-order valence-electron chi connectivity index (χ4n) is 4.51. The average molecular weight is 518 g/mol. The lowest BCUT2D eigenvalue weighted by Gasteiger charge is -2.27. The van der Waals surface area contributed by atoms with E-state index >= 15 is 0 Å². The maximum Gasteiger partial charge on any atom is 0.416 e. The van der Waals surface area contributed by atoms with Crippen LogP contribution in [0.1, 0.15) is 43.9 Å². The summed E-state index contributed by atoms with van der Waals surface area (Å²) in [5, 5.41) is 0.